The molecule has 2 heteroatoms. The Morgan fingerprint density at radius 1 is 1.14 bits per heavy atom. The molecule has 1 aliphatic rings. The highest BCUT2D eigenvalue weighted by Crippen LogP contribution is 2.35. The Morgan fingerprint density at radius 3 is 2.71 bits per heavy atom. The van der Waals surface area contributed by atoms with E-state index in [0.29, 0.717) is 11.8 Å². The molecule has 2 aromatic carbocycles. The summed E-state index contributed by atoms with van der Waals surface area (Å²) < 4.78 is 0. The number of fused-ring (bicyclic) bond motifs is 1. The summed E-state index contributed by atoms with van der Waals surface area (Å²) in [6, 6.07) is 14.9. The van der Waals surface area contributed by atoms with Crippen molar-refractivity contribution in [2.24, 2.45) is 0 Å². The van der Waals surface area contributed by atoms with Crippen molar-refractivity contribution >= 4 is 5.69 Å². The molecule has 0 fully saturated rings. The van der Waals surface area contributed by atoms with Crippen LogP contribution in [0, 0.1) is 0 Å². The van der Waals surface area contributed by atoms with Crippen molar-refractivity contribution in [3.63, 3.8) is 0 Å². The Balaban J connectivity index is 1.68. The number of anilines is 1. The van der Waals surface area contributed by atoms with Crippen LogP contribution in [-0.2, 0) is 12.8 Å². The number of rotatable bonds is 5. The van der Waals surface area contributed by atoms with E-state index in [2.05, 4.69) is 36.5 Å². The van der Waals surface area contributed by atoms with Crippen LogP contribution < -0.4 is 5.32 Å². The van der Waals surface area contributed by atoms with Gasteiger partial charge in [0, 0.05) is 5.69 Å². The number of benzene rings is 2. The zero-order valence-corrected chi connectivity index (χ0v) is 12.6. The lowest BCUT2D eigenvalue weighted by atomic mass is 10.1. The lowest BCUT2D eigenvalue weighted by molar-refractivity contribution is 0.474. The predicted molar refractivity (Wildman–Crippen MR) is 87.8 cm³/mol. The van der Waals surface area contributed by atoms with Crippen LogP contribution in [0.2, 0.25) is 0 Å². The molecule has 2 nitrogen and oxygen atoms in total. The third-order valence-corrected chi connectivity index (χ3v) is 4.32. The largest absolute Gasteiger partial charge is 0.508 e. The molecule has 1 unspecified atom stereocenters. The molecule has 0 aliphatic heterocycles. The van der Waals surface area contributed by atoms with E-state index in [1.54, 1.807) is 6.07 Å². The summed E-state index contributed by atoms with van der Waals surface area (Å²) >= 11 is 0. The molecule has 2 N–H and O–H groups in total. The molecule has 21 heavy (non-hydrogen) atoms. The van der Waals surface area contributed by atoms with Crippen LogP contribution in [0.3, 0.4) is 0 Å². The topological polar surface area (TPSA) is 32.3 Å². The van der Waals surface area contributed by atoms with Gasteiger partial charge in [0.1, 0.15) is 5.75 Å². The van der Waals surface area contributed by atoms with Crippen LogP contribution >= 0.6 is 0 Å². The van der Waals surface area contributed by atoms with Gasteiger partial charge in [-0.25, -0.2) is 0 Å². The minimum atomic E-state index is 0.363. The van der Waals surface area contributed by atoms with Crippen LogP contribution in [0.1, 0.15) is 48.9 Å². The molecule has 0 heterocycles. The average Bonchev–Trinajstić information content (AvgIpc) is 2.88. The maximum Gasteiger partial charge on any atom is 0.115 e. The van der Waals surface area contributed by atoms with Crippen LogP contribution in [0.4, 0.5) is 5.69 Å². The Kier molecular flexibility index (Phi) is 4.14. The molecule has 0 amide bonds. The highest BCUT2D eigenvalue weighted by Gasteiger charge is 2.22. The first kappa shape index (κ1) is 14.0. The van der Waals surface area contributed by atoms with Gasteiger partial charge in [-0.05, 0) is 66.6 Å². The molecule has 0 spiro atoms. The zero-order chi connectivity index (χ0) is 14.7. The van der Waals surface area contributed by atoms with Crippen molar-refractivity contribution in [1.29, 1.82) is 0 Å². The normalized spacial score (nSPS) is 16.7. The number of unbranched alkanes of at least 4 members (excludes halogenated alkanes) is 1. The molecule has 0 saturated carbocycles. The third-order valence-electron chi connectivity index (χ3n) is 4.32. The zero-order valence-electron chi connectivity index (χ0n) is 12.6. The monoisotopic (exact) mass is 281 g/mol. The summed E-state index contributed by atoms with van der Waals surface area (Å²) in [6.45, 7) is 2.23. The maximum absolute atomic E-state index is 9.55. The van der Waals surface area contributed by atoms with Gasteiger partial charge < -0.3 is 10.4 Å². The first-order valence-electron chi connectivity index (χ1n) is 7.93. The third kappa shape index (κ3) is 3.21. The number of nitrogens with one attached hydrogen (secondary N) is 1. The van der Waals surface area contributed by atoms with Gasteiger partial charge in [0.05, 0.1) is 6.04 Å². The second-order valence-electron chi connectivity index (χ2n) is 5.92. The fraction of sp³-hybridized carbons (Fsp3) is 0.368. The van der Waals surface area contributed by atoms with Gasteiger partial charge >= 0.3 is 0 Å². The highest BCUT2D eigenvalue weighted by molar-refractivity contribution is 5.50. The molecule has 0 radical (unpaired) electrons. The molecular weight excluding hydrogens is 258 g/mol. The summed E-state index contributed by atoms with van der Waals surface area (Å²) in [5.74, 6) is 0.370. The van der Waals surface area contributed by atoms with Crippen molar-refractivity contribution < 1.29 is 5.11 Å². The molecule has 2 aromatic rings. The SMILES string of the molecule is CCCCc1ccc(NC2CCc3cc(O)ccc32)cc1. The van der Waals surface area contributed by atoms with Gasteiger partial charge in [-0.1, -0.05) is 31.5 Å². The second-order valence-corrected chi connectivity index (χ2v) is 5.92. The van der Waals surface area contributed by atoms with E-state index in [-0.39, 0.29) is 0 Å². The van der Waals surface area contributed by atoms with Crippen molar-refractivity contribution in [2.45, 2.75) is 45.1 Å². The van der Waals surface area contributed by atoms with Crippen LogP contribution in [0.25, 0.3) is 0 Å². The maximum atomic E-state index is 9.55. The van der Waals surface area contributed by atoms with Crippen molar-refractivity contribution in [1.82, 2.24) is 0 Å². The second kappa shape index (κ2) is 6.21. The summed E-state index contributed by atoms with van der Waals surface area (Å²) in [5, 5.41) is 13.2. The standard InChI is InChI=1S/C19H23NO/c1-2-3-4-14-5-8-16(9-6-14)20-19-12-7-15-13-17(21)10-11-18(15)19/h5-6,8-11,13,19-21H,2-4,7,12H2,1H3. The summed E-state index contributed by atoms with van der Waals surface area (Å²) in [4.78, 5) is 0. The molecule has 0 aromatic heterocycles. The van der Waals surface area contributed by atoms with E-state index >= 15 is 0 Å². The van der Waals surface area contributed by atoms with Gasteiger partial charge in [-0.3, -0.25) is 0 Å². The van der Waals surface area contributed by atoms with Crippen LogP contribution in [0.5, 0.6) is 5.75 Å². The lowest BCUT2D eigenvalue weighted by Crippen LogP contribution is -2.06. The average molecular weight is 281 g/mol. The molecule has 0 saturated heterocycles. The van der Waals surface area contributed by atoms with Gasteiger partial charge in [0.25, 0.3) is 0 Å². The number of phenolic OH excluding ortho intramolecular Hbond substituents is 1. The summed E-state index contributed by atoms with van der Waals surface area (Å²) in [5.41, 5.74) is 5.19. The molecule has 110 valence electrons. The Hall–Kier alpha value is -1.96. The Bertz CT molecular complexity index is 603. The smallest absolute Gasteiger partial charge is 0.115 e. The van der Waals surface area contributed by atoms with Crippen LogP contribution in [-0.4, -0.2) is 5.11 Å². The van der Waals surface area contributed by atoms with Gasteiger partial charge in [-0.2, -0.15) is 0 Å². The molecule has 3 rings (SSSR count). The summed E-state index contributed by atoms with van der Waals surface area (Å²) in [6.07, 6.45) is 5.80. The number of aryl methyl sites for hydroxylation is 2. The number of aromatic hydroxyl groups is 1. The fourth-order valence-electron chi connectivity index (χ4n) is 3.10. The molecule has 1 atom stereocenters. The minimum Gasteiger partial charge on any atom is -0.508 e. The first-order chi connectivity index (χ1) is 10.3. The number of phenols is 1. The van der Waals surface area contributed by atoms with E-state index in [4.69, 9.17) is 0 Å². The van der Waals surface area contributed by atoms with Crippen molar-refractivity contribution in [3.8, 4) is 5.75 Å². The summed E-state index contributed by atoms with van der Waals surface area (Å²) in [7, 11) is 0. The van der Waals surface area contributed by atoms with E-state index in [0.717, 1.165) is 12.8 Å². The highest BCUT2D eigenvalue weighted by atomic mass is 16.3. The van der Waals surface area contributed by atoms with E-state index in [1.807, 2.05) is 12.1 Å². The fourth-order valence-corrected chi connectivity index (χ4v) is 3.10. The predicted octanol–water partition coefficient (Wildman–Crippen LogP) is 4.83. The van der Waals surface area contributed by atoms with E-state index in [9.17, 15) is 5.11 Å². The quantitative estimate of drug-likeness (QED) is 0.822. The first-order valence-corrected chi connectivity index (χ1v) is 7.93. The Labute approximate surface area is 126 Å². The molecule has 1 aliphatic carbocycles. The van der Waals surface area contributed by atoms with E-state index < -0.39 is 0 Å². The van der Waals surface area contributed by atoms with Gasteiger partial charge in [0.2, 0.25) is 0 Å². The van der Waals surface area contributed by atoms with Crippen molar-refractivity contribution in [3.05, 3.63) is 59.2 Å². The number of hydrogen-bond acceptors (Lipinski definition) is 2. The minimum absolute atomic E-state index is 0.363. The van der Waals surface area contributed by atoms with Crippen LogP contribution in [0.15, 0.2) is 42.5 Å². The van der Waals surface area contributed by atoms with Crippen molar-refractivity contribution in [2.75, 3.05) is 5.32 Å². The molecule has 0 bridgehead atoms. The van der Waals surface area contributed by atoms with Gasteiger partial charge in [0.15, 0.2) is 0 Å². The molecular formula is C19H23NO. The lowest BCUT2D eigenvalue weighted by Gasteiger charge is -2.16. The van der Waals surface area contributed by atoms with Gasteiger partial charge in [-0.15, -0.1) is 0 Å². The van der Waals surface area contributed by atoms with E-state index in [1.165, 1.54) is 41.6 Å². The Morgan fingerprint density at radius 2 is 1.95 bits per heavy atom. The number of hydrogen-bond donors (Lipinski definition) is 2.